The molecule has 0 N–H and O–H groups in total. The van der Waals surface area contributed by atoms with Crippen molar-refractivity contribution in [1.82, 2.24) is 5.06 Å². The highest BCUT2D eigenvalue weighted by Crippen LogP contribution is 2.11. The summed E-state index contributed by atoms with van der Waals surface area (Å²) in [7, 11) is 0. The van der Waals surface area contributed by atoms with Crippen molar-refractivity contribution in [3.8, 4) is 0 Å². The lowest BCUT2D eigenvalue weighted by atomic mass is 10.4. The van der Waals surface area contributed by atoms with Crippen molar-refractivity contribution >= 4 is 5.97 Å². The van der Waals surface area contributed by atoms with E-state index in [2.05, 4.69) is 0 Å². The molecule has 3 heteroatoms. The van der Waals surface area contributed by atoms with Gasteiger partial charge >= 0.3 is 5.97 Å². The molecule has 0 amide bonds. The monoisotopic (exact) mass is 128 g/mol. The Bertz CT molecular complexity index is 108. The smallest absolute Gasteiger partial charge is 0.322 e. The summed E-state index contributed by atoms with van der Waals surface area (Å²) in [4.78, 5) is 15.1. The van der Waals surface area contributed by atoms with Crippen LogP contribution in [0.2, 0.25) is 0 Å². The molecule has 1 aliphatic rings. The third-order valence-electron chi connectivity index (χ3n) is 1.16. The fourth-order valence-corrected chi connectivity index (χ4v) is 0.822. The zero-order valence-electron chi connectivity index (χ0n) is 5.46. The minimum Gasteiger partial charge on any atom is -0.368 e. The quantitative estimate of drug-likeness (QED) is 0.521. The van der Waals surface area contributed by atoms with E-state index in [1.54, 1.807) is 5.06 Å². The summed E-state index contributed by atoms with van der Waals surface area (Å²) in [5.41, 5.74) is 0. The Morgan fingerprint density at radius 2 is 2.56 bits per heavy atom. The maximum absolute atomic E-state index is 10.3. The summed E-state index contributed by atoms with van der Waals surface area (Å²) in [6.45, 7) is 4.15. The van der Waals surface area contributed by atoms with Crippen LogP contribution in [0.15, 0.2) is 0 Å². The fraction of sp³-hybridized carbons (Fsp3) is 0.667. The molecule has 0 saturated carbocycles. The minimum absolute atomic E-state index is 0.242. The average molecular weight is 128 g/mol. The fourth-order valence-electron chi connectivity index (χ4n) is 0.822. The van der Waals surface area contributed by atoms with Crippen LogP contribution in [0.5, 0.6) is 0 Å². The second kappa shape index (κ2) is 2.82. The van der Waals surface area contributed by atoms with Crippen molar-refractivity contribution < 1.29 is 9.63 Å². The van der Waals surface area contributed by atoms with Crippen LogP contribution in [0.25, 0.3) is 0 Å². The molecular formula is C6H10NO2. The van der Waals surface area contributed by atoms with Gasteiger partial charge < -0.3 is 4.84 Å². The van der Waals surface area contributed by atoms with E-state index in [9.17, 15) is 4.79 Å². The Hall–Kier alpha value is -0.570. The molecule has 51 valence electrons. The number of carbonyl (C=O) groups excluding carboxylic acids is 1. The Morgan fingerprint density at radius 1 is 1.78 bits per heavy atom. The van der Waals surface area contributed by atoms with Gasteiger partial charge in [-0.25, -0.2) is 0 Å². The van der Waals surface area contributed by atoms with Gasteiger partial charge in [0.25, 0.3) is 0 Å². The molecule has 1 radical (unpaired) electrons. The Morgan fingerprint density at radius 3 is 3.00 bits per heavy atom. The summed E-state index contributed by atoms with van der Waals surface area (Å²) >= 11 is 0. The van der Waals surface area contributed by atoms with Crippen LogP contribution >= 0.6 is 0 Å². The number of carbonyl (C=O) groups is 1. The highest BCUT2D eigenvalue weighted by molar-refractivity contribution is 5.65. The van der Waals surface area contributed by atoms with Crippen LogP contribution in [-0.4, -0.2) is 17.6 Å². The van der Waals surface area contributed by atoms with Crippen LogP contribution < -0.4 is 0 Å². The molecular weight excluding hydrogens is 118 g/mol. The standard InChI is InChI=1S/C6H10NO2/c1-6(8)9-7-4-2-3-5-7/h4H,2-3,5H2,1H3. The third kappa shape index (κ3) is 2.01. The zero-order chi connectivity index (χ0) is 6.69. The van der Waals surface area contributed by atoms with Gasteiger partial charge in [0.2, 0.25) is 0 Å². The predicted octanol–water partition coefficient (Wildman–Crippen LogP) is 0.722. The molecule has 0 aromatic rings. The third-order valence-corrected chi connectivity index (χ3v) is 1.16. The van der Waals surface area contributed by atoms with E-state index in [0.717, 1.165) is 19.4 Å². The van der Waals surface area contributed by atoms with Crippen molar-refractivity contribution in [1.29, 1.82) is 0 Å². The highest BCUT2D eigenvalue weighted by Gasteiger charge is 2.13. The molecule has 0 aliphatic carbocycles. The minimum atomic E-state index is -0.242. The first-order chi connectivity index (χ1) is 4.29. The van der Waals surface area contributed by atoms with E-state index in [1.165, 1.54) is 6.92 Å². The van der Waals surface area contributed by atoms with Gasteiger partial charge in [-0.1, -0.05) is 0 Å². The van der Waals surface area contributed by atoms with Gasteiger partial charge in [0.15, 0.2) is 0 Å². The SMILES string of the molecule is CC(=O)ON1[CH]CCC1. The van der Waals surface area contributed by atoms with Gasteiger partial charge in [-0.15, -0.1) is 5.06 Å². The van der Waals surface area contributed by atoms with Crippen molar-refractivity contribution in [2.75, 3.05) is 6.54 Å². The molecule has 0 unspecified atom stereocenters. The van der Waals surface area contributed by atoms with Crippen LogP contribution in [0, 0.1) is 6.54 Å². The summed E-state index contributed by atoms with van der Waals surface area (Å²) in [6.07, 6.45) is 2.11. The zero-order valence-corrected chi connectivity index (χ0v) is 5.46. The van der Waals surface area contributed by atoms with Gasteiger partial charge in [-0.3, -0.25) is 4.79 Å². The maximum Gasteiger partial charge on any atom is 0.322 e. The summed E-state index contributed by atoms with van der Waals surface area (Å²) in [6, 6.07) is 0. The Labute approximate surface area is 54.5 Å². The van der Waals surface area contributed by atoms with Gasteiger partial charge in [-0.05, 0) is 12.8 Å². The molecule has 0 spiro atoms. The van der Waals surface area contributed by atoms with Crippen LogP contribution in [0.1, 0.15) is 19.8 Å². The molecule has 1 heterocycles. The molecule has 0 aromatic carbocycles. The second-order valence-corrected chi connectivity index (χ2v) is 2.05. The lowest BCUT2D eigenvalue weighted by molar-refractivity contribution is -0.176. The molecule has 1 saturated heterocycles. The Balaban J connectivity index is 2.19. The lowest BCUT2D eigenvalue weighted by Gasteiger charge is -2.10. The average Bonchev–Trinajstić information content (AvgIpc) is 2.15. The molecule has 0 bridgehead atoms. The van der Waals surface area contributed by atoms with E-state index in [0.29, 0.717) is 0 Å². The first kappa shape index (κ1) is 6.55. The van der Waals surface area contributed by atoms with Crippen molar-refractivity contribution in [3.63, 3.8) is 0 Å². The van der Waals surface area contributed by atoms with E-state index in [4.69, 9.17) is 4.84 Å². The molecule has 9 heavy (non-hydrogen) atoms. The lowest BCUT2D eigenvalue weighted by Crippen LogP contribution is -2.19. The van der Waals surface area contributed by atoms with E-state index in [1.807, 2.05) is 6.54 Å². The normalized spacial score (nSPS) is 20.1. The number of hydrogen-bond donors (Lipinski definition) is 0. The van der Waals surface area contributed by atoms with E-state index in [-0.39, 0.29) is 5.97 Å². The van der Waals surface area contributed by atoms with Crippen LogP contribution in [0.4, 0.5) is 0 Å². The number of hydroxylamine groups is 2. The Kier molecular flexibility index (Phi) is 2.05. The van der Waals surface area contributed by atoms with Gasteiger partial charge in [-0.2, -0.15) is 0 Å². The number of hydrogen-bond acceptors (Lipinski definition) is 3. The summed E-state index contributed by atoms with van der Waals surface area (Å²) < 4.78 is 0. The first-order valence-electron chi connectivity index (χ1n) is 3.07. The highest BCUT2D eigenvalue weighted by atomic mass is 16.7. The molecule has 0 atom stereocenters. The summed E-state index contributed by atoms with van der Waals surface area (Å²) in [5, 5.41) is 1.59. The molecule has 1 fully saturated rings. The largest absolute Gasteiger partial charge is 0.368 e. The second-order valence-electron chi connectivity index (χ2n) is 2.05. The van der Waals surface area contributed by atoms with Gasteiger partial charge in [0, 0.05) is 13.5 Å². The molecule has 0 aromatic heterocycles. The van der Waals surface area contributed by atoms with Gasteiger partial charge in [0.05, 0.1) is 6.54 Å². The first-order valence-corrected chi connectivity index (χ1v) is 3.07. The van der Waals surface area contributed by atoms with Gasteiger partial charge in [0.1, 0.15) is 0 Å². The van der Waals surface area contributed by atoms with E-state index < -0.39 is 0 Å². The molecule has 1 aliphatic heterocycles. The van der Waals surface area contributed by atoms with Crippen molar-refractivity contribution in [3.05, 3.63) is 6.54 Å². The number of rotatable bonds is 1. The van der Waals surface area contributed by atoms with Crippen LogP contribution in [0.3, 0.4) is 0 Å². The van der Waals surface area contributed by atoms with Crippen molar-refractivity contribution in [2.45, 2.75) is 19.8 Å². The van der Waals surface area contributed by atoms with E-state index >= 15 is 0 Å². The molecule has 3 nitrogen and oxygen atoms in total. The molecule has 1 rings (SSSR count). The van der Waals surface area contributed by atoms with Crippen molar-refractivity contribution in [2.24, 2.45) is 0 Å². The number of nitrogens with zero attached hydrogens (tertiary/aromatic N) is 1. The summed E-state index contributed by atoms with van der Waals surface area (Å²) in [5.74, 6) is -0.242. The van der Waals surface area contributed by atoms with Crippen LogP contribution in [-0.2, 0) is 9.63 Å². The topological polar surface area (TPSA) is 29.5 Å². The maximum atomic E-state index is 10.3. The predicted molar refractivity (Wildman–Crippen MR) is 32.0 cm³/mol.